The van der Waals surface area contributed by atoms with E-state index in [2.05, 4.69) is 45.1 Å². The third-order valence-corrected chi connectivity index (χ3v) is 5.42. The van der Waals surface area contributed by atoms with Crippen LogP contribution in [-0.2, 0) is 0 Å². The van der Waals surface area contributed by atoms with Gasteiger partial charge < -0.3 is 10.2 Å². The Labute approximate surface area is 127 Å². The smallest absolute Gasteiger partial charge is 0.0356 e. The lowest BCUT2D eigenvalue weighted by Crippen LogP contribution is -2.60. The van der Waals surface area contributed by atoms with Gasteiger partial charge >= 0.3 is 0 Å². The predicted octanol–water partition coefficient (Wildman–Crippen LogP) is 4.45. The van der Waals surface area contributed by atoms with Crippen LogP contribution in [0.15, 0.2) is 0 Å². The number of hydrogen-bond donors (Lipinski definition) is 1. The number of nitrogens with zero attached hydrogens (tertiary/aromatic N) is 1. The van der Waals surface area contributed by atoms with Crippen LogP contribution in [0, 0.1) is 5.92 Å². The fraction of sp³-hybridized carbons (Fsp3) is 1.00. The highest BCUT2D eigenvalue weighted by molar-refractivity contribution is 5.01. The van der Waals surface area contributed by atoms with Gasteiger partial charge in [-0.2, -0.15) is 0 Å². The summed E-state index contributed by atoms with van der Waals surface area (Å²) >= 11 is 0. The average Bonchev–Trinajstić information content (AvgIpc) is 2.44. The normalized spacial score (nSPS) is 28.8. The molecule has 1 fully saturated rings. The minimum atomic E-state index is 0.398. The van der Waals surface area contributed by atoms with Crippen LogP contribution >= 0.6 is 0 Å². The largest absolute Gasteiger partial charge is 0.312 e. The van der Waals surface area contributed by atoms with Crippen molar-refractivity contribution in [3.8, 4) is 0 Å². The SMILES string of the molecule is CCCCCC(NCCC)C1(N(C)C)CCC(C)CC1. The number of unbranched alkanes of at least 4 members (excludes halogenated alkanes) is 2. The molecule has 1 saturated carbocycles. The summed E-state index contributed by atoms with van der Waals surface area (Å²) in [7, 11) is 4.60. The van der Waals surface area contributed by atoms with Crippen molar-refractivity contribution in [2.24, 2.45) is 5.92 Å². The minimum Gasteiger partial charge on any atom is -0.312 e. The van der Waals surface area contributed by atoms with Crippen LogP contribution in [0.3, 0.4) is 0 Å². The Balaban J connectivity index is 2.74. The maximum atomic E-state index is 3.89. The van der Waals surface area contributed by atoms with Crippen LogP contribution in [0.5, 0.6) is 0 Å². The summed E-state index contributed by atoms with van der Waals surface area (Å²) in [4.78, 5) is 2.54. The zero-order valence-corrected chi connectivity index (χ0v) is 14.7. The summed E-state index contributed by atoms with van der Waals surface area (Å²) in [6.45, 7) is 8.17. The zero-order chi connectivity index (χ0) is 15.0. The molecule has 1 rings (SSSR count). The van der Waals surface area contributed by atoms with Crippen LogP contribution in [0.2, 0.25) is 0 Å². The van der Waals surface area contributed by atoms with Crippen LogP contribution in [0.25, 0.3) is 0 Å². The predicted molar refractivity (Wildman–Crippen MR) is 90.3 cm³/mol. The Morgan fingerprint density at radius 1 is 1.10 bits per heavy atom. The third-order valence-electron chi connectivity index (χ3n) is 5.42. The van der Waals surface area contributed by atoms with Crippen molar-refractivity contribution in [2.75, 3.05) is 20.6 Å². The maximum absolute atomic E-state index is 3.89. The minimum absolute atomic E-state index is 0.398. The van der Waals surface area contributed by atoms with Crippen molar-refractivity contribution in [3.63, 3.8) is 0 Å². The highest BCUT2D eigenvalue weighted by Gasteiger charge is 2.42. The number of nitrogens with one attached hydrogen (secondary N) is 1. The topological polar surface area (TPSA) is 15.3 Å². The van der Waals surface area contributed by atoms with Crippen molar-refractivity contribution in [1.82, 2.24) is 10.2 Å². The Kier molecular flexibility index (Phi) is 8.13. The molecule has 0 saturated heterocycles. The molecule has 1 unspecified atom stereocenters. The second kappa shape index (κ2) is 9.04. The van der Waals surface area contributed by atoms with Crippen molar-refractivity contribution >= 4 is 0 Å². The van der Waals surface area contributed by atoms with Crippen molar-refractivity contribution in [3.05, 3.63) is 0 Å². The molecule has 0 aliphatic heterocycles. The monoisotopic (exact) mass is 282 g/mol. The van der Waals surface area contributed by atoms with Crippen molar-refractivity contribution < 1.29 is 0 Å². The molecule has 0 aromatic heterocycles. The molecule has 0 radical (unpaired) electrons. The fourth-order valence-corrected chi connectivity index (χ4v) is 3.85. The highest BCUT2D eigenvalue weighted by atomic mass is 15.2. The molecule has 1 aliphatic rings. The third kappa shape index (κ3) is 4.73. The van der Waals surface area contributed by atoms with E-state index < -0.39 is 0 Å². The summed E-state index contributed by atoms with van der Waals surface area (Å²) in [5, 5.41) is 3.89. The van der Waals surface area contributed by atoms with Gasteiger partial charge in [0.05, 0.1) is 0 Å². The van der Waals surface area contributed by atoms with E-state index in [1.165, 1.54) is 64.3 Å². The lowest BCUT2D eigenvalue weighted by Gasteiger charge is -2.50. The molecule has 20 heavy (non-hydrogen) atoms. The molecular weight excluding hydrogens is 244 g/mol. The highest BCUT2D eigenvalue weighted by Crippen LogP contribution is 2.39. The second-order valence-electron chi connectivity index (χ2n) is 7.18. The van der Waals surface area contributed by atoms with E-state index in [9.17, 15) is 0 Å². The number of rotatable bonds is 9. The van der Waals surface area contributed by atoms with Gasteiger partial charge in [0.2, 0.25) is 0 Å². The fourth-order valence-electron chi connectivity index (χ4n) is 3.85. The lowest BCUT2D eigenvalue weighted by atomic mass is 9.71. The number of likely N-dealkylation sites (N-methyl/N-ethyl adjacent to an activating group) is 1. The zero-order valence-electron chi connectivity index (χ0n) is 14.7. The van der Waals surface area contributed by atoms with Crippen LogP contribution in [0.1, 0.15) is 78.6 Å². The first-order chi connectivity index (χ1) is 9.56. The summed E-state index contributed by atoms with van der Waals surface area (Å²) in [5.74, 6) is 0.922. The van der Waals surface area contributed by atoms with E-state index >= 15 is 0 Å². The molecule has 120 valence electrons. The van der Waals surface area contributed by atoms with Crippen LogP contribution in [-0.4, -0.2) is 37.1 Å². The average molecular weight is 283 g/mol. The van der Waals surface area contributed by atoms with Crippen molar-refractivity contribution in [2.45, 2.75) is 90.1 Å². The quantitative estimate of drug-likeness (QED) is 0.629. The van der Waals surface area contributed by atoms with E-state index in [0.29, 0.717) is 11.6 Å². The molecule has 0 bridgehead atoms. The molecule has 0 amide bonds. The molecule has 0 heterocycles. The van der Waals surface area contributed by atoms with E-state index in [1.54, 1.807) is 0 Å². The standard InChI is InChI=1S/C18H38N2/c1-6-8-9-10-17(19-15-7-2)18(20(4)5)13-11-16(3)12-14-18/h16-17,19H,6-15H2,1-5H3. The molecule has 0 aromatic rings. The molecule has 2 nitrogen and oxygen atoms in total. The molecule has 1 atom stereocenters. The maximum Gasteiger partial charge on any atom is 0.0356 e. The second-order valence-corrected chi connectivity index (χ2v) is 7.18. The Bertz CT molecular complexity index is 242. The van der Waals surface area contributed by atoms with Crippen molar-refractivity contribution in [1.29, 1.82) is 0 Å². The van der Waals surface area contributed by atoms with E-state index in [4.69, 9.17) is 0 Å². The van der Waals surface area contributed by atoms with Gasteiger partial charge in [-0.05, 0) is 65.1 Å². The Morgan fingerprint density at radius 2 is 1.75 bits per heavy atom. The summed E-state index contributed by atoms with van der Waals surface area (Å²) in [6.07, 6.45) is 12.2. The molecule has 1 N–H and O–H groups in total. The van der Waals surface area contributed by atoms with Crippen LogP contribution < -0.4 is 5.32 Å². The van der Waals surface area contributed by atoms with Gasteiger partial charge in [0.25, 0.3) is 0 Å². The van der Waals surface area contributed by atoms with Gasteiger partial charge in [-0.1, -0.05) is 40.0 Å². The molecule has 0 aromatic carbocycles. The van der Waals surface area contributed by atoms with Gasteiger partial charge in [-0.3, -0.25) is 0 Å². The van der Waals surface area contributed by atoms with Gasteiger partial charge in [-0.25, -0.2) is 0 Å². The summed E-state index contributed by atoms with van der Waals surface area (Å²) in [5.41, 5.74) is 0.398. The molecule has 2 heteroatoms. The Morgan fingerprint density at radius 3 is 2.25 bits per heavy atom. The van der Waals surface area contributed by atoms with Gasteiger partial charge in [0.1, 0.15) is 0 Å². The van der Waals surface area contributed by atoms with Gasteiger partial charge in [0.15, 0.2) is 0 Å². The molecule has 1 aliphatic carbocycles. The van der Waals surface area contributed by atoms with E-state index in [-0.39, 0.29) is 0 Å². The van der Waals surface area contributed by atoms with Gasteiger partial charge in [0, 0.05) is 11.6 Å². The first-order valence-corrected chi connectivity index (χ1v) is 8.97. The van der Waals surface area contributed by atoms with Crippen LogP contribution in [0.4, 0.5) is 0 Å². The molecular formula is C18H38N2. The van der Waals surface area contributed by atoms with E-state index in [1.807, 2.05) is 0 Å². The lowest BCUT2D eigenvalue weighted by molar-refractivity contribution is 0.0395. The van der Waals surface area contributed by atoms with E-state index in [0.717, 1.165) is 5.92 Å². The molecule has 0 spiro atoms. The Hall–Kier alpha value is -0.0800. The first kappa shape index (κ1) is 18.0. The summed E-state index contributed by atoms with van der Waals surface area (Å²) < 4.78 is 0. The summed E-state index contributed by atoms with van der Waals surface area (Å²) in [6, 6.07) is 0.677. The first-order valence-electron chi connectivity index (χ1n) is 8.97. The number of hydrogen-bond acceptors (Lipinski definition) is 2. The van der Waals surface area contributed by atoms with Gasteiger partial charge in [-0.15, -0.1) is 0 Å².